The summed E-state index contributed by atoms with van der Waals surface area (Å²) in [6, 6.07) is 0. The molecule has 1 saturated carbocycles. The molecule has 1 rings (SSSR count). The lowest BCUT2D eigenvalue weighted by atomic mass is 10.0. The molecule has 0 aromatic heterocycles. The molecule has 0 heterocycles. The largest absolute Gasteiger partial charge is 0.466 e. The Labute approximate surface area is 101 Å². The van der Waals surface area contributed by atoms with Crippen LogP contribution in [0, 0.1) is 0 Å². The number of ether oxygens (including phenoxy) is 1. The van der Waals surface area contributed by atoms with Crippen LogP contribution in [0.5, 0.6) is 0 Å². The Bertz CT molecular complexity index is 118. The summed E-state index contributed by atoms with van der Waals surface area (Å²) in [5.41, 5.74) is 0. The third-order valence-corrected chi connectivity index (χ3v) is 1.87. The maximum atomic E-state index is 9.84. The van der Waals surface area contributed by atoms with Gasteiger partial charge >= 0.3 is 5.97 Å². The summed E-state index contributed by atoms with van der Waals surface area (Å²) in [5.74, 6) is -0.394. The monoisotopic (exact) mass is 232 g/mol. The van der Waals surface area contributed by atoms with Crippen molar-refractivity contribution >= 4 is 5.97 Å². The second kappa shape index (κ2) is 23.8. The molecule has 0 amide bonds. The van der Waals surface area contributed by atoms with E-state index in [-0.39, 0.29) is 0 Å². The number of rotatable bonds is 1. The fraction of sp³-hybridized carbons (Fsp3) is 0.769. The average Bonchev–Trinajstić information content (AvgIpc) is 2.45. The topological polar surface area (TPSA) is 46.5 Å². The van der Waals surface area contributed by atoms with Crippen LogP contribution in [-0.4, -0.2) is 25.3 Å². The highest BCUT2D eigenvalue weighted by Gasteiger charge is 1.95. The van der Waals surface area contributed by atoms with Crippen molar-refractivity contribution < 1.29 is 14.6 Å². The first kappa shape index (κ1) is 20.6. The Kier molecular flexibility index (Phi) is 30.5. The van der Waals surface area contributed by atoms with E-state index in [1.54, 1.807) is 0 Å². The molecule has 0 atom stereocenters. The number of carbonyl (C=O) groups is 1. The number of hydrogen-bond acceptors (Lipinski definition) is 3. The van der Waals surface area contributed by atoms with Crippen molar-refractivity contribution in [3.05, 3.63) is 12.7 Å². The number of aliphatic hydroxyl groups excluding tert-OH is 1. The SMILES string of the molecule is C1CCCCC1.C=CC(=O)OC.CC.CO. The fourth-order valence-corrected chi connectivity index (χ4v) is 1.14. The van der Waals surface area contributed by atoms with Gasteiger partial charge in [0.1, 0.15) is 0 Å². The standard InChI is InChI=1S/C6H12.C4H6O2.C2H6.CH4O/c1-2-4-6-5-3-1;1-3-4(5)6-2;2*1-2/h1-6H2;3H,1H2,2H3;1-2H3;2H,1H3. The Morgan fingerprint density at radius 1 is 1.06 bits per heavy atom. The molecule has 0 aromatic carbocycles. The van der Waals surface area contributed by atoms with Gasteiger partial charge in [0.2, 0.25) is 0 Å². The van der Waals surface area contributed by atoms with Gasteiger partial charge in [0.25, 0.3) is 0 Å². The van der Waals surface area contributed by atoms with E-state index >= 15 is 0 Å². The number of esters is 1. The lowest BCUT2D eigenvalue weighted by Crippen LogP contribution is -1.91. The first-order valence-electron chi connectivity index (χ1n) is 5.96. The Morgan fingerprint density at radius 3 is 1.38 bits per heavy atom. The van der Waals surface area contributed by atoms with E-state index in [1.807, 2.05) is 13.8 Å². The molecule has 0 radical (unpaired) electrons. The molecule has 3 heteroatoms. The van der Waals surface area contributed by atoms with Crippen LogP contribution in [0.1, 0.15) is 52.4 Å². The van der Waals surface area contributed by atoms with E-state index in [0.29, 0.717) is 0 Å². The van der Waals surface area contributed by atoms with Crippen LogP contribution in [0.2, 0.25) is 0 Å². The molecular weight excluding hydrogens is 204 g/mol. The highest BCUT2D eigenvalue weighted by Crippen LogP contribution is 2.15. The lowest BCUT2D eigenvalue weighted by Gasteiger charge is -2.05. The minimum Gasteiger partial charge on any atom is -0.466 e. The van der Waals surface area contributed by atoms with Crippen molar-refractivity contribution in [2.24, 2.45) is 0 Å². The lowest BCUT2D eigenvalue weighted by molar-refractivity contribution is -0.134. The Morgan fingerprint density at radius 2 is 1.31 bits per heavy atom. The number of methoxy groups -OCH3 is 1. The van der Waals surface area contributed by atoms with Crippen molar-refractivity contribution in [1.29, 1.82) is 0 Å². The van der Waals surface area contributed by atoms with Gasteiger partial charge in [0.05, 0.1) is 7.11 Å². The van der Waals surface area contributed by atoms with E-state index in [0.717, 1.165) is 13.2 Å². The molecule has 16 heavy (non-hydrogen) atoms. The van der Waals surface area contributed by atoms with E-state index in [9.17, 15) is 4.79 Å². The summed E-state index contributed by atoms with van der Waals surface area (Å²) in [5, 5.41) is 7.00. The van der Waals surface area contributed by atoms with Gasteiger partial charge in [-0.15, -0.1) is 0 Å². The second-order valence-electron chi connectivity index (χ2n) is 2.85. The Hall–Kier alpha value is -0.830. The summed E-state index contributed by atoms with van der Waals surface area (Å²) in [6.45, 7) is 7.16. The molecule has 1 N–H and O–H groups in total. The number of aliphatic hydroxyl groups is 1. The molecule has 1 fully saturated rings. The van der Waals surface area contributed by atoms with Crippen LogP contribution in [0.15, 0.2) is 12.7 Å². The number of hydrogen-bond donors (Lipinski definition) is 1. The van der Waals surface area contributed by atoms with Gasteiger partial charge in [-0.25, -0.2) is 4.79 Å². The highest BCUT2D eigenvalue weighted by molar-refractivity contribution is 5.80. The summed E-state index contributed by atoms with van der Waals surface area (Å²) < 4.78 is 4.14. The normalized spacial score (nSPS) is 12.3. The zero-order valence-corrected chi connectivity index (χ0v) is 11.3. The second-order valence-corrected chi connectivity index (χ2v) is 2.85. The van der Waals surface area contributed by atoms with Gasteiger partial charge in [-0.05, 0) is 0 Å². The van der Waals surface area contributed by atoms with E-state index < -0.39 is 5.97 Å². The quantitative estimate of drug-likeness (QED) is 0.557. The minimum atomic E-state index is -0.394. The first-order chi connectivity index (χ1) is 7.81. The number of carbonyl (C=O) groups excluding carboxylic acids is 1. The van der Waals surface area contributed by atoms with Crippen LogP contribution in [0.25, 0.3) is 0 Å². The van der Waals surface area contributed by atoms with Crippen LogP contribution in [0.3, 0.4) is 0 Å². The van der Waals surface area contributed by atoms with Crippen molar-refractivity contribution in [3.8, 4) is 0 Å². The maximum absolute atomic E-state index is 9.84. The van der Waals surface area contributed by atoms with Gasteiger partial charge in [-0.1, -0.05) is 59.0 Å². The van der Waals surface area contributed by atoms with Crippen molar-refractivity contribution in [3.63, 3.8) is 0 Å². The smallest absolute Gasteiger partial charge is 0.329 e. The molecular formula is C13H28O3. The molecule has 0 aromatic rings. The van der Waals surface area contributed by atoms with Crippen molar-refractivity contribution in [2.45, 2.75) is 52.4 Å². The summed E-state index contributed by atoms with van der Waals surface area (Å²) in [6.07, 6.45) is 10.1. The fourth-order valence-electron chi connectivity index (χ4n) is 1.14. The zero-order chi connectivity index (χ0) is 13.2. The molecule has 0 saturated heterocycles. The predicted molar refractivity (Wildman–Crippen MR) is 69.4 cm³/mol. The van der Waals surface area contributed by atoms with Gasteiger partial charge in [0.15, 0.2) is 0 Å². The van der Waals surface area contributed by atoms with E-state index in [4.69, 9.17) is 5.11 Å². The molecule has 0 unspecified atom stereocenters. The van der Waals surface area contributed by atoms with E-state index in [2.05, 4.69) is 11.3 Å². The molecule has 1 aliphatic carbocycles. The third-order valence-electron chi connectivity index (χ3n) is 1.87. The summed E-state index contributed by atoms with van der Waals surface area (Å²) in [7, 11) is 2.31. The van der Waals surface area contributed by atoms with Crippen LogP contribution >= 0.6 is 0 Å². The molecule has 3 nitrogen and oxygen atoms in total. The molecule has 98 valence electrons. The molecule has 1 aliphatic rings. The van der Waals surface area contributed by atoms with Crippen molar-refractivity contribution in [2.75, 3.05) is 14.2 Å². The summed E-state index contributed by atoms with van der Waals surface area (Å²) in [4.78, 5) is 9.84. The minimum absolute atomic E-state index is 0.394. The van der Waals surface area contributed by atoms with Gasteiger partial charge in [-0.2, -0.15) is 0 Å². The molecule has 0 spiro atoms. The van der Waals surface area contributed by atoms with Crippen LogP contribution in [-0.2, 0) is 9.53 Å². The molecule has 0 bridgehead atoms. The highest BCUT2D eigenvalue weighted by atomic mass is 16.5. The van der Waals surface area contributed by atoms with Gasteiger partial charge in [-0.3, -0.25) is 0 Å². The van der Waals surface area contributed by atoms with Crippen LogP contribution in [0.4, 0.5) is 0 Å². The predicted octanol–water partition coefficient (Wildman–Crippen LogP) is 3.32. The molecule has 0 aliphatic heterocycles. The maximum Gasteiger partial charge on any atom is 0.329 e. The first-order valence-corrected chi connectivity index (χ1v) is 5.96. The van der Waals surface area contributed by atoms with Gasteiger partial charge < -0.3 is 9.84 Å². The third kappa shape index (κ3) is 23.2. The van der Waals surface area contributed by atoms with Crippen LogP contribution < -0.4 is 0 Å². The van der Waals surface area contributed by atoms with Gasteiger partial charge in [0, 0.05) is 13.2 Å². The zero-order valence-electron chi connectivity index (χ0n) is 11.3. The Balaban J connectivity index is -0.000000162. The summed E-state index contributed by atoms with van der Waals surface area (Å²) >= 11 is 0. The van der Waals surface area contributed by atoms with Crippen molar-refractivity contribution in [1.82, 2.24) is 0 Å². The average molecular weight is 232 g/mol. The van der Waals surface area contributed by atoms with E-state index in [1.165, 1.54) is 45.6 Å².